The largest absolute Gasteiger partial charge is 0.407 e. The minimum absolute atomic E-state index is 0.0193. The van der Waals surface area contributed by atoms with Crippen LogP contribution in [0, 0.1) is 0 Å². The number of halogens is 2. The number of benzene rings is 4. The second kappa shape index (κ2) is 16.9. The Hall–Kier alpha value is -2.84. The number of thioether (sulfide) groups is 1. The van der Waals surface area contributed by atoms with E-state index in [4.69, 9.17) is 32.4 Å². The van der Waals surface area contributed by atoms with E-state index in [1.165, 1.54) is 10.4 Å². The van der Waals surface area contributed by atoms with Crippen LogP contribution in [0.3, 0.4) is 0 Å². The van der Waals surface area contributed by atoms with Gasteiger partial charge in [0.2, 0.25) is 0 Å². The van der Waals surface area contributed by atoms with Crippen molar-refractivity contribution in [3.63, 3.8) is 0 Å². The van der Waals surface area contributed by atoms with E-state index >= 15 is 0 Å². The molecule has 258 valence electrons. The molecule has 1 amide bonds. The fourth-order valence-corrected chi connectivity index (χ4v) is 13.1. The highest BCUT2D eigenvalue weighted by Crippen LogP contribution is 2.45. The van der Waals surface area contributed by atoms with Crippen molar-refractivity contribution in [2.75, 3.05) is 18.1 Å². The summed E-state index contributed by atoms with van der Waals surface area (Å²) in [6.07, 6.45) is 1.93. The lowest BCUT2D eigenvalue weighted by atomic mass is 9.89. The summed E-state index contributed by atoms with van der Waals surface area (Å²) in [7, 11) is -2.63. The zero-order chi connectivity index (χ0) is 35.0. The Bertz CT molecular complexity index is 1630. The van der Waals surface area contributed by atoms with Crippen LogP contribution in [0.25, 0.3) is 0 Å². The van der Waals surface area contributed by atoms with Gasteiger partial charge in [-0.2, -0.15) is 11.8 Å². The molecule has 5 rings (SSSR count). The van der Waals surface area contributed by atoms with Crippen LogP contribution < -0.4 is 10.4 Å². The number of ether oxygens (including phenoxy) is 1. The average molecular weight is 733 g/mol. The van der Waals surface area contributed by atoms with Crippen molar-refractivity contribution >= 4 is 59.6 Å². The molecule has 0 bridgehead atoms. The highest BCUT2D eigenvalue weighted by atomic mass is 35.5. The summed E-state index contributed by atoms with van der Waals surface area (Å²) in [5.74, 6) is 1.55. The number of amides is 1. The van der Waals surface area contributed by atoms with Crippen molar-refractivity contribution < 1.29 is 14.0 Å². The fourth-order valence-electron chi connectivity index (χ4n) is 7.04. The lowest BCUT2D eigenvalue weighted by Crippen LogP contribution is -2.66. The maximum atomic E-state index is 14.3. The topological polar surface area (TPSA) is 38.8 Å². The first-order valence-corrected chi connectivity index (χ1v) is 20.8. The molecule has 0 N–H and O–H groups in total. The first-order valence-electron chi connectivity index (χ1n) is 17.0. The second-order valence-corrected chi connectivity index (χ2v) is 19.8. The number of carbonyl (C=O) groups excluding carboxylic acids is 1. The molecule has 4 aromatic rings. The van der Waals surface area contributed by atoms with Gasteiger partial charge >= 0.3 is 0 Å². The third kappa shape index (κ3) is 8.38. The molecule has 0 saturated carbocycles. The number of hydrogen-bond acceptors (Lipinski definition) is 4. The third-order valence-corrected chi connectivity index (χ3v) is 15.9. The zero-order valence-corrected chi connectivity index (χ0v) is 32.2. The van der Waals surface area contributed by atoms with Gasteiger partial charge in [0.25, 0.3) is 14.2 Å². The number of rotatable bonds is 14. The van der Waals surface area contributed by atoms with Crippen molar-refractivity contribution in [1.29, 1.82) is 0 Å². The number of nitrogens with zero attached hydrogens (tertiary/aromatic N) is 1. The molecule has 0 aliphatic carbocycles. The van der Waals surface area contributed by atoms with Crippen LogP contribution in [0.15, 0.2) is 122 Å². The van der Waals surface area contributed by atoms with Gasteiger partial charge in [-0.15, -0.1) is 6.58 Å². The highest BCUT2D eigenvalue weighted by Gasteiger charge is 2.50. The Balaban J connectivity index is 1.41. The van der Waals surface area contributed by atoms with Gasteiger partial charge in [-0.05, 0) is 57.2 Å². The molecule has 4 nitrogen and oxygen atoms in total. The molecule has 49 heavy (non-hydrogen) atoms. The van der Waals surface area contributed by atoms with Crippen LogP contribution in [0.4, 0.5) is 0 Å². The molecule has 0 aromatic heterocycles. The van der Waals surface area contributed by atoms with Crippen LogP contribution in [-0.4, -0.2) is 49.4 Å². The standard InChI is InChI=1S/C41H47Cl2NO3SSi/c1-6-15-37-40(45)44(38(30-22-24-32(42)25-23-30)39(47-37)31-16-14-17-33(43)28-31)34(7-2)29-48-27-26-46-49(41(3,4)5,35-18-10-8-11-19-35)36-20-12-9-13-21-36/h6,8-14,16-25,28,34,37-39H,1,7,15,26-27,29H2,2-5H3/t34?,37-,38+,39+/m0/s1. The summed E-state index contributed by atoms with van der Waals surface area (Å²) < 4.78 is 13.8. The first-order chi connectivity index (χ1) is 23.6. The molecule has 1 saturated heterocycles. The summed E-state index contributed by atoms with van der Waals surface area (Å²) in [5, 5.41) is 3.73. The van der Waals surface area contributed by atoms with Crippen molar-refractivity contribution in [2.24, 2.45) is 0 Å². The summed E-state index contributed by atoms with van der Waals surface area (Å²) in [6, 6.07) is 36.6. The molecule has 4 aromatic carbocycles. The van der Waals surface area contributed by atoms with Crippen molar-refractivity contribution in [3.05, 3.63) is 143 Å². The SMILES string of the molecule is C=CC[C@@H]1O[C@H](c2cccc(Cl)c2)[C@@H](c2ccc(Cl)cc2)N(C(CC)CSCCO[Si](c2ccccc2)(c2ccccc2)C(C)(C)C)C1=O. The molecule has 4 atom stereocenters. The molecular weight excluding hydrogens is 686 g/mol. The monoisotopic (exact) mass is 731 g/mol. The van der Waals surface area contributed by atoms with Gasteiger partial charge in [0, 0.05) is 40.6 Å². The van der Waals surface area contributed by atoms with Crippen molar-refractivity contribution in [3.8, 4) is 0 Å². The van der Waals surface area contributed by atoms with E-state index in [-0.39, 0.29) is 23.0 Å². The maximum absolute atomic E-state index is 14.3. The summed E-state index contributed by atoms with van der Waals surface area (Å²) in [6.45, 7) is 13.6. The summed E-state index contributed by atoms with van der Waals surface area (Å²) in [4.78, 5) is 16.4. The quantitative estimate of drug-likeness (QED) is 0.0736. The minimum Gasteiger partial charge on any atom is -0.407 e. The normalized spacial score (nSPS) is 19.1. The van der Waals surface area contributed by atoms with E-state index in [1.54, 1.807) is 6.08 Å². The van der Waals surface area contributed by atoms with Crippen LogP contribution in [0.5, 0.6) is 0 Å². The Morgan fingerprint density at radius 3 is 2.08 bits per heavy atom. The van der Waals surface area contributed by atoms with Gasteiger partial charge in [-0.3, -0.25) is 4.79 Å². The summed E-state index contributed by atoms with van der Waals surface area (Å²) >= 11 is 14.7. The lowest BCUT2D eigenvalue weighted by Gasteiger charge is -2.48. The molecule has 1 heterocycles. The van der Waals surface area contributed by atoms with E-state index in [9.17, 15) is 4.79 Å². The minimum atomic E-state index is -2.63. The van der Waals surface area contributed by atoms with Gasteiger partial charge in [-0.25, -0.2) is 0 Å². The van der Waals surface area contributed by atoms with Crippen LogP contribution in [0.1, 0.15) is 63.8 Å². The van der Waals surface area contributed by atoms with E-state index in [1.807, 2.05) is 60.3 Å². The van der Waals surface area contributed by atoms with Crippen molar-refractivity contribution in [2.45, 2.75) is 69.9 Å². The zero-order valence-electron chi connectivity index (χ0n) is 28.9. The Morgan fingerprint density at radius 1 is 0.898 bits per heavy atom. The van der Waals surface area contributed by atoms with Gasteiger partial charge in [0.1, 0.15) is 12.2 Å². The van der Waals surface area contributed by atoms with Gasteiger partial charge in [0.05, 0.1) is 6.04 Å². The van der Waals surface area contributed by atoms with Gasteiger partial charge in [-0.1, -0.05) is 142 Å². The lowest BCUT2D eigenvalue weighted by molar-refractivity contribution is -0.178. The second-order valence-electron chi connectivity index (χ2n) is 13.5. The Kier molecular flexibility index (Phi) is 12.9. The summed E-state index contributed by atoms with van der Waals surface area (Å²) in [5.41, 5.74) is 1.90. The van der Waals surface area contributed by atoms with Gasteiger partial charge < -0.3 is 14.1 Å². The number of hydrogen-bond donors (Lipinski definition) is 0. The fraction of sp³-hybridized carbons (Fsp3) is 0.341. The van der Waals surface area contributed by atoms with E-state index in [2.05, 4.69) is 99.8 Å². The molecule has 1 aliphatic heterocycles. The van der Waals surface area contributed by atoms with Gasteiger partial charge in [0.15, 0.2) is 0 Å². The molecule has 1 unspecified atom stereocenters. The maximum Gasteiger partial charge on any atom is 0.261 e. The van der Waals surface area contributed by atoms with E-state index in [0.29, 0.717) is 23.1 Å². The van der Waals surface area contributed by atoms with Crippen LogP contribution >= 0.6 is 35.0 Å². The van der Waals surface area contributed by atoms with Crippen LogP contribution in [-0.2, 0) is 14.0 Å². The third-order valence-electron chi connectivity index (χ3n) is 9.33. The smallest absolute Gasteiger partial charge is 0.261 e. The molecule has 8 heteroatoms. The van der Waals surface area contributed by atoms with Crippen LogP contribution in [0.2, 0.25) is 15.1 Å². The Morgan fingerprint density at radius 2 is 1.53 bits per heavy atom. The molecule has 0 spiro atoms. The molecular formula is C41H47Cl2NO3SSi. The Labute approximate surface area is 307 Å². The molecule has 0 radical (unpaired) electrons. The predicted octanol–water partition coefficient (Wildman–Crippen LogP) is 9.67. The number of morpholine rings is 1. The first kappa shape index (κ1) is 37.4. The average Bonchev–Trinajstić information content (AvgIpc) is 3.10. The predicted molar refractivity (Wildman–Crippen MR) is 210 cm³/mol. The molecule has 1 aliphatic rings. The number of carbonyl (C=O) groups is 1. The highest BCUT2D eigenvalue weighted by molar-refractivity contribution is 7.99. The van der Waals surface area contributed by atoms with E-state index < -0.39 is 20.5 Å². The molecule has 1 fully saturated rings. The van der Waals surface area contributed by atoms with E-state index in [0.717, 1.165) is 29.1 Å². The van der Waals surface area contributed by atoms with Crippen molar-refractivity contribution in [1.82, 2.24) is 4.90 Å².